The zero-order valence-electron chi connectivity index (χ0n) is 12.2. The van der Waals surface area contributed by atoms with Gasteiger partial charge in [-0.2, -0.15) is 0 Å². The fourth-order valence-electron chi connectivity index (χ4n) is 1.58. The summed E-state index contributed by atoms with van der Waals surface area (Å²) >= 11 is 1.23. The molecule has 0 fully saturated rings. The summed E-state index contributed by atoms with van der Waals surface area (Å²) in [5.41, 5.74) is 0.674. The first-order chi connectivity index (χ1) is 10.0. The fourth-order valence-corrected chi connectivity index (χ4v) is 2.26. The number of nitrogens with zero attached hydrogens (tertiary/aromatic N) is 2. The van der Waals surface area contributed by atoms with Crippen LogP contribution in [0.15, 0.2) is 27.8 Å². The van der Waals surface area contributed by atoms with Crippen LogP contribution in [0.4, 0.5) is 0 Å². The van der Waals surface area contributed by atoms with Crippen LogP contribution >= 0.6 is 11.8 Å². The average molecular weight is 308 g/mol. The highest BCUT2D eigenvalue weighted by Gasteiger charge is 2.18. The van der Waals surface area contributed by atoms with Gasteiger partial charge in [0.2, 0.25) is 0 Å². The predicted molar refractivity (Wildman–Crippen MR) is 78.8 cm³/mol. The van der Waals surface area contributed by atoms with E-state index >= 15 is 0 Å². The summed E-state index contributed by atoms with van der Waals surface area (Å²) in [4.78, 5) is 11.3. The minimum Gasteiger partial charge on any atom is -0.497 e. The highest BCUT2D eigenvalue weighted by molar-refractivity contribution is 8.00. The van der Waals surface area contributed by atoms with E-state index in [1.54, 1.807) is 39.3 Å². The smallest absolute Gasteiger partial charge is 0.277 e. The first-order valence-electron chi connectivity index (χ1n) is 6.28. The van der Waals surface area contributed by atoms with Crippen molar-refractivity contribution in [2.75, 3.05) is 14.2 Å². The molecular formula is C14H16N2O4S. The molecule has 0 amide bonds. The number of methoxy groups -OCH3 is 2. The molecule has 1 heterocycles. The summed E-state index contributed by atoms with van der Waals surface area (Å²) < 4.78 is 16.0. The van der Waals surface area contributed by atoms with Crippen molar-refractivity contribution in [1.82, 2.24) is 10.2 Å². The number of carbonyl (C=O) groups excluding carboxylic acids is 1. The van der Waals surface area contributed by atoms with Crippen LogP contribution < -0.4 is 9.47 Å². The third kappa shape index (κ3) is 3.55. The lowest BCUT2D eigenvalue weighted by molar-refractivity contribution is -0.116. The van der Waals surface area contributed by atoms with Gasteiger partial charge in [0.1, 0.15) is 17.3 Å². The average Bonchev–Trinajstić information content (AvgIpc) is 2.94. The van der Waals surface area contributed by atoms with E-state index in [0.717, 1.165) is 0 Å². The molecule has 21 heavy (non-hydrogen) atoms. The molecule has 1 atom stereocenters. The molecule has 0 spiro atoms. The maximum absolute atomic E-state index is 11.3. The Kier molecular flexibility index (Phi) is 4.85. The molecule has 2 rings (SSSR count). The van der Waals surface area contributed by atoms with Crippen LogP contribution in [0.1, 0.15) is 13.8 Å². The van der Waals surface area contributed by atoms with Crippen molar-refractivity contribution in [3.05, 3.63) is 18.2 Å². The Morgan fingerprint density at radius 1 is 1.29 bits per heavy atom. The van der Waals surface area contributed by atoms with Gasteiger partial charge in [-0.05, 0) is 26.0 Å². The van der Waals surface area contributed by atoms with Crippen LogP contribution in [0.3, 0.4) is 0 Å². The number of thioether (sulfide) groups is 1. The molecular weight excluding hydrogens is 292 g/mol. The van der Waals surface area contributed by atoms with Gasteiger partial charge in [-0.15, -0.1) is 10.2 Å². The van der Waals surface area contributed by atoms with E-state index in [9.17, 15) is 4.79 Å². The maximum Gasteiger partial charge on any atom is 0.277 e. The van der Waals surface area contributed by atoms with Crippen molar-refractivity contribution in [1.29, 1.82) is 0 Å². The largest absolute Gasteiger partial charge is 0.497 e. The topological polar surface area (TPSA) is 74.5 Å². The number of ketones is 1. The molecule has 0 aliphatic carbocycles. The summed E-state index contributed by atoms with van der Waals surface area (Å²) in [6.07, 6.45) is 0. The van der Waals surface area contributed by atoms with Crippen molar-refractivity contribution < 1.29 is 18.7 Å². The summed E-state index contributed by atoms with van der Waals surface area (Å²) in [5, 5.41) is 8.06. The Hall–Kier alpha value is -2.02. The van der Waals surface area contributed by atoms with Gasteiger partial charge in [-0.1, -0.05) is 11.8 Å². The molecule has 0 saturated carbocycles. The van der Waals surface area contributed by atoms with Crippen molar-refractivity contribution in [2.24, 2.45) is 0 Å². The molecule has 2 aromatic rings. The van der Waals surface area contributed by atoms with Crippen molar-refractivity contribution in [3.8, 4) is 23.0 Å². The number of rotatable bonds is 6. The molecule has 0 unspecified atom stereocenters. The van der Waals surface area contributed by atoms with Gasteiger partial charge < -0.3 is 13.9 Å². The number of benzene rings is 1. The second kappa shape index (κ2) is 6.62. The predicted octanol–water partition coefficient (Wildman–Crippen LogP) is 2.82. The fraction of sp³-hybridized carbons (Fsp3) is 0.357. The number of hydrogen-bond donors (Lipinski definition) is 0. The number of hydrogen-bond acceptors (Lipinski definition) is 7. The van der Waals surface area contributed by atoms with Gasteiger partial charge in [0.15, 0.2) is 0 Å². The van der Waals surface area contributed by atoms with Crippen LogP contribution in [0.2, 0.25) is 0 Å². The lowest BCUT2D eigenvalue weighted by Gasteiger charge is -2.07. The van der Waals surface area contributed by atoms with E-state index in [1.165, 1.54) is 18.7 Å². The first kappa shape index (κ1) is 15.4. The third-order valence-electron chi connectivity index (χ3n) is 2.90. The van der Waals surface area contributed by atoms with E-state index in [0.29, 0.717) is 28.2 Å². The number of Topliss-reactive ketones (excluding diaryl/α,β-unsaturated/α-hetero) is 1. The van der Waals surface area contributed by atoms with E-state index in [1.807, 2.05) is 0 Å². The zero-order valence-corrected chi connectivity index (χ0v) is 13.1. The van der Waals surface area contributed by atoms with Crippen LogP contribution in [0.5, 0.6) is 11.5 Å². The SMILES string of the molecule is COc1ccc(-c2nnc(S[C@@H](C)C(C)=O)o2)c(OC)c1. The van der Waals surface area contributed by atoms with E-state index < -0.39 is 0 Å². The lowest BCUT2D eigenvalue weighted by Crippen LogP contribution is -2.07. The summed E-state index contributed by atoms with van der Waals surface area (Å²) in [6.45, 7) is 3.33. The van der Waals surface area contributed by atoms with Crippen molar-refractivity contribution >= 4 is 17.5 Å². The molecule has 1 aromatic heterocycles. The molecule has 0 bridgehead atoms. The third-order valence-corrected chi connectivity index (χ3v) is 3.95. The van der Waals surface area contributed by atoms with Crippen LogP contribution in [-0.2, 0) is 4.79 Å². The molecule has 7 heteroatoms. The van der Waals surface area contributed by atoms with Crippen LogP contribution in [0, 0.1) is 0 Å². The Labute approximate surface area is 126 Å². The summed E-state index contributed by atoms with van der Waals surface area (Å²) in [6, 6.07) is 5.31. The van der Waals surface area contributed by atoms with E-state index in [4.69, 9.17) is 13.9 Å². The summed E-state index contributed by atoms with van der Waals surface area (Å²) in [5.74, 6) is 1.65. The normalized spacial score (nSPS) is 12.0. The Morgan fingerprint density at radius 2 is 2.05 bits per heavy atom. The Morgan fingerprint density at radius 3 is 2.67 bits per heavy atom. The van der Waals surface area contributed by atoms with Crippen LogP contribution in [0.25, 0.3) is 11.5 Å². The van der Waals surface area contributed by atoms with Crippen molar-refractivity contribution in [2.45, 2.75) is 24.3 Å². The van der Waals surface area contributed by atoms with Crippen molar-refractivity contribution in [3.63, 3.8) is 0 Å². The van der Waals surface area contributed by atoms with Gasteiger partial charge in [0.25, 0.3) is 11.1 Å². The highest BCUT2D eigenvalue weighted by atomic mass is 32.2. The number of ether oxygens (including phenoxy) is 2. The molecule has 0 saturated heterocycles. The van der Waals surface area contributed by atoms with Gasteiger partial charge in [-0.25, -0.2) is 0 Å². The minimum absolute atomic E-state index is 0.0572. The second-order valence-electron chi connectivity index (χ2n) is 4.31. The highest BCUT2D eigenvalue weighted by Crippen LogP contribution is 2.34. The number of aromatic nitrogens is 2. The maximum atomic E-state index is 11.3. The van der Waals surface area contributed by atoms with Gasteiger partial charge in [0, 0.05) is 6.07 Å². The zero-order chi connectivity index (χ0) is 15.4. The standard InChI is InChI=1S/C14H16N2O4S/c1-8(17)9(2)21-14-16-15-13(20-14)11-6-5-10(18-3)7-12(11)19-4/h5-7,9H,1-4H3/t9-/m0/s1. The quantitative estimate of drug-likeness (QED) is 0.759. The molecule has 6 nitrogen and oxygen atoms in total. The van der Waals surface area contributed by atoms with Gasteiger partial charge in [0.05, 0.1) is 25.0 Å². The molecule has 0 aliphatic rings. The second-order valence-corrected chi connectivity index (χ2v) is 5.60. The summed E-state index contributed by atoms with van der Waals surface area (Å²) in [7, 11) is 3.14. The molecule has 0 radical (unpaired) electrons. The van der Waals surface area contributed by atoms with Gasteiger partial charge >= 0.3 is 0 Å². The first-order valence-corrected chi connectivity index (χ1v) is 7.16. The van der Waals surface area contributed by atoms with E-state index in [2.05, 4.69) is 10.2 Å². The van der Waals surface area contributed by atoms with E-state index in [-0.39, 0.29) is 11.0 Å². The van der Waals surface area contributed by atoms with Gasteiger partial charge in [-0.3, -0.25) is 4.79 Å². The molecule has 1 aromatic carbocycles. The Balaban J connectivity index is 2.27. The monoisotopic (exact) mass is 308 g/mol. The minimum atomic E-state index is -0.226. The molecule has 112 valence electrons. The lowest BCUT2D eigenvalue weighted by atomic mass is 10.2. The number of carbonyl (C=O) groups is 1. The molecule has 0 aliphatic heterocycles. The Bertz CT molecular complexity index is 642. The molecule has 0 N–H and O–H groups in total. The van der Waals surface area contributed by atoms with Crippen LogP contribution in [-0.4, -0.2) is 35.5 Å².